The number of fused-ring (bicyclic) bond motifs is 1. The van der Waals surface area contributed by atoms with Gasteiger partial charge in [-0.25, -0.2) is 4.39 Å². The molecular weight excluding hydrogens is 243 g/mol. The number of hydrogen-bond acceptors (Lipinski definition) is 2. The lowest BCUT2D eigenvalue weighted by atomic mass is 9.71. The maximum atomic E-state index is 13.5. The molecule has 1 fully saturated rings. The average Bonchev–Trinajstić information content (AvgIpc) is 2.71. The Morgan fingerprint density at radius 2 is 2.26 bits per heavy atom. The zero-order valence-electron chi connectivity index (χ0n) is 10.8. The molecule has 1 aromatic carbocycles. The summed E-state index contributed by atoms with van der Waals surface area (Å²) in [5.74, 6) is 0.716. The first-order valence-corrected chi connectivity index (χ1v) is 6.64. The van der Waals surface area contributed by atoms with Crippen molar-refractivity contribution >= 4 is 17.3 Å². The molecule has 1 saturated carbocycles. The van der Waals surface area contributed by atoms with E-state index in [1.165, 1.54) is 19.4 Å². The molecule has 0 aromatic heterocycles. The van der Waals surface area contributed by atoms with Crippen molar-refractivity contribution in [2.24, 2.45) is 11.8 Å². The highest BCUT2D eigenvalue weighted by molar-refractivity contribution is 5.89. The fourth-order valence-electron chi connectivity index (χ4n) is 3.00. The molecule has 2 aliphatic carbocycles. The van der Waals surface area contributed by atoms with Crippen molar-refractivity contribution < 1.29 is 9.18 Å². The van der Waals surface area contributed by atoms with Crippen molar-refractivity contribution in [2.45, 2.75) is 25.8 Å². The predicted octanol–water partition coefficient (Wildman–Crippen LogP) is 3.16. The summed E-state index contributed by atoms with van der Waals surface area (Å²) in [6.07, 6.45) is 6.85. The van der Waals surface area contributed by atoms with Crippen molar-refractivity contribution in [3.05, 3.63) is 36.2 Å². The first-order valence-electron chi connectivity index (χ1n) is 6.64. The van der Waals surface area contributed by atoms with Gasteiger partial charge in [-0.05, 0) is 37.0 Å². The summed E-state index contributed by atoms with van der Waals surface area (Å²) in [5.41, 5.74) is 1.09. The van der Waals surface area contributed by atoms with E-state index in [9.17, 15) is 9.18 Å². The summed E-state index contributed by atoms with van der Waals surface area (Å²) < 4.78 is 13.5. The first-order chi connectivity index (χ1) is 9.13. The number of anilines is 2. The highest BCUT2D eigenvalue weighted by Gasteiger charge is 2.40. The van der Waals surface area contributed by atoms with Crippen molar-refractivity contribution in [1.82, 2.24) is 0 Å². The largest absolute Gasteiger partial charge is 0.382 e. The van der Waals surface area contributed by atoms with Crippen LogP contribution in [0.1, 0.15) is 19.8 Å². The number of carbonyl (C=O) groups is 1. The lowest BCUT2D eigenvalue weighted by molar-refractivity contribution is -0.114. The lowest BCUT2D eigenvalue weighted by Crippen LogP contribution is -2.43. The quantitative estimate of drug-likeness (QED) is 0.820. The van der Waals surface area contributed by atoms with Crippen molar-refractivity contribution in [1.29, 1.82) is 0 Å². The molecule has 0 heterocycles. The van der Waals surface area contributed by atoms with Crippen LogP contribution in [0.15, 0.2) is 30.4 Å². The van der Waals surface area contributed by atoms with Crippen LogP contribution >= 0.6 is 0 Å². The van der Waals surface area contributed by atoms with Gasteiger partial charge >= 0.3 is 0 Å². The lowest BCUT2D eigenvalue weighted by Gasteiger charge is -2.41. The topological polar surface area (TPSA) is 41.1 Å². The van der Waals surface area contributed by atoms with Crippen molar-refractivity contribution in [2.75, 3.05) is 10.6 Å². The molecule has 0 radical (unpaired) electrons. The van der Waals surface area contributed by atoms with Crippen LogP contribution in [0.3, 0.4) is 0 Å². The third kappa shape index (κ3) is 2.35. The molecule has 3 unspecified atom stereocenters. The Hall–Kier alpha value is -1.84. The molecule has 0 spiro atoms. The monoisotopic (exact) mass is 260 g/mol. The molecule has 0 aliphatic heterocycles. The van der Waals surface area contributed by atoms with Gasteiger partial charge in [-0.2, -0.15) is 0 Å². The van der Waals surface area contributed by atoms with Gasteiger partial charge in [-0.15, -0.1) is 0 Å². The molecular formula is C15H17FN2O. The Balaban J connectivity index is 1.71. The zero-order chi connectivity index (χ0) is 13.4. The number of hydrogen-bond donors (Lipinski definition) is 2. The van der Waals surface area contributed by atoms with E-state index in [0.29, 0.717) is 12.0 Å². The number of carbonyl (C=O) groups excluding carboxylic acids is 1. The van der Waals surface area contributed by atoms with E-state index >= 15 is 0 Å². The Morgan fingerprint density at radius 1 is 1.42 bits per heavy atom. The van der Waals surface area contributed by atoms with Crippen LogP contribution in [0.5, 0.6) is 0 Å². The van der Waals surface area contributed by atoms with Crippen LogP contribution in [-0.4, -0.2) is 11.9 Å². The Labute approximate surface area is 111 Å². The molecule has 100 valence electrons. The molecule has 3 nitrogen and oxygen atoms in total. The summed E-state index contributed by atoms with van der Waals surface area (Å²) in [7, 11) is 0. The Kier molecular flexibility index (Phi) is 3.01. The molecule has 1 aromatic rings. The van der Waals surface area contributed by atoms with Gasteiger partial charge in [0.2, 0.25) is 5.91 Å². The number of amides is 1. The van der Waals surface area contributed by atoms with Crippen molar-refractivity contribution in [3.8, 4) is 0 Å². The van der Waals surface area contributed by atoms with Gasteiger partial charge < -0.3 is 10.6 Å². The van der Waals surface area contributed by atoms with Crippen LogP contribution in [-0.2, 0) is 4.79 Å². The van der Waals surface area contributed by atoms with E-state index in [1.54, 1.807) is 12.1 Å². The summed E-state index contributed by atoms with van der Waals surface area (Å²) in [6, 6.07) is 5.18. The fourth-order valence-corrected chi connectivity index (χ4v) is 3.00. The van der Waals surface area contributed by atoms with Gasteiger partial charge in [0.1, 0.15) is 5.82 Å². The maximum absolute atomic E-state index is 13.5. The van der Waals surface area contributed by atoms with E-state index in [1.807, 2.05) is 0 Å². The summed E-state index contributed by atoms with van der Waals surface area (Å²) in [6.45, 7) is 1.37. The molecule has 0 bridgehead atoms. The third-order valence-electron chi connectivity index (χ3n) is 3.99. The van der Waals surface area contributed by atoms with Crippen LogP contribution < -0.4 is 10.6 Å². The smallest absolute Gasteiger partial charge is 0.221 e. The van der Waals surface area contributed by atoms with Gasteiger partial charge in [0.05, 0.1) is 5.69 Å². The first kappa shape index (κ1) is 12.2. The summed E-state index contributed by atoms with van der Waals surface area (Å²) >= 11 is 0. The van der Waals surface area contributed by atoms with Crippen LogP contribution in [0, 0.1) is 17.7 Å². The van der Waals surface area contributed by atoms with Crippen LogP contribution in [0.25, 0.3) is 0 Å². The minimum Gasteiger partial charge on any atom is -0.382 e. The van der Waals surface area contributed by atoms with Gasteiger partial charge in [0, 0.05) is 24.6 Å². The Bertz CT molecular complexity index is 541. The number of rotatable bonds is 3. The SMILES string of the molecule is CC(=O)Nc1cc(NC2CC3CC=CC32)ccc1F. The minimum absolute atomic E-state index is 0.232. The fraction of sp³-hybridized carbons (Fsp3) is 0.400. The highest BCUT2D eigenvalue weighted by atomic mass is 19.1. The molecule has 0 saturated heterocycles. The number of nitrogens with one attached hydrogen (secondary N) is 2. The van der Waals surface area contributed by atoms with E-state index in [2.05, 4.69) is 22.8 Å². The van der Waals surface area contributed by atoms with E-state index in [4.69, 9.17) is 0 Å². The Morgan fingerprint density at radius 3 is 3.00 bits per heavy atom. The highest BCUT2D eigenvalue weighted by Crippen LogP contribution is 2.44. The molecule has 19 heavy (non-hydrogen) atoms. The summed E-state index contributed by atoms with van der Waals surface area (Å²) in [4.78, 5) is 11.0. The second kappa shape index (κ2) is 4.68. The minimum atomic E-state index is -0.409. The summed E-state index contributed by atoms with van der Waals surface area (Å²) in [5, 5.41) is 5.92. The standard InChI is InChI=1S/C15H17FN2O/c1-9(19)17-15-8-11(5-6-13(15)16)18-14-7-10-3-2-4-12(10)14/h2,4-6,8,10,12,14,18H,3,7H2,1H3,(H,17,19). The molecule has 4 heteroatoms. The second-order valence-corrected chi connectivity index (χ2v) is 5.36. The van der Waals surface area contributed by atoms with Gasteiger partial charge in [0.25, 0.3) is 0 Å². The van der Waals surface area contributed by atoms with Gasteiger partial charge in [-0.3, -0.25) is 4.79 Å². The average molecular weight is 260 g/mol. The van der Waals surface area contributed by atoms with Gasteiger partial charge in [0.15, 0.2) is 0 Å². The van der Waals surface area contributed by atoms with E-state index in [0.717, 1.165) is 18.0 Å². The number of allylic oxidation sites excluding steroid dienone is 1. The molecule has 3 rings (SSSR count). The van der Waals surface area contributed by atoms with Gasteiger partial charge in [-0.1, -0.05) is 12.2 Å². The number of halogens is 1. The zero-order valence-corrected chi connectivity index (χ0v) is 10.8. The normalized spacial score (nSPS) is 27.6. The van der Waals surface area contributed by atoms with Crippen molar-refractivity contribution in [3.63, 3.8) is 0 Å². The maximum Gasteiger partial charge on any atom is 0.221 e. The van der Waals surface area contributed by atoms with E-state index in [-0.39, 0.29) is 11.6 Å². The predicted molar refractivity (Wildman–Crippen MR) is 73.5 cm³/mol. The third-order valence-corrected chi connectivity index (χ3v) is 3.99. The molecule has 1 amide bonds. The van der Waals surface area contributed by atoms with Crippen LogP contribution in [0.4, 0.5) is 15.8 Å². The molecule has 2 N–H and O–H groups in total. The number of benzene rings is 1. The molecule has 2 aliphatic rings. The van der Waals surface area contributed by atoms with Crippen LogP contribution in [0.2, 0.25) is 0 Å². The van der Waals surface area contributed by atoms with E-state index < -0.39 is 5.82 Å². The molecule has 3 atom stereocenters. The second-order valence-electron chi connectivity index (χ2n) is 5.36.